The number of nitrogens with zero attached hydrogens (tertiary/aromatic N) is 2. The Hall–Kier alpha value is -2.15. The number of nitrogens with one attached hydrogen (secondary N) is 1. The second-order valence-corrected chi connectivity index (χ2v) is 7.58. The molecule has 134 valence electrons. The summed E-state index contributed by atoms with van der Waals surface area (Å²) in [5, 5.41) is 12.7. The lowest BCUT2D eigenvalue weighted by molar-refractivity contribution is -0.124. The first kappa shape index (κ1) is 16.3. The van der Waals surface area contributed by atoms with E-state index in [1.807, 2.05) is 11.8 Å². The lowest BCUT2D eigenvalue weighted by Gasteiger charge is -2.26. The molecule has 2 N–H and O–H groups in total. The van der Waals surface area contributed by atoms with Crippen LogP contribution in [-0.2, 0) is 4.79 Å². The van der Waals surface area contributed by atoms with Crippen molar-refractivity contribution in [3.8, 4) is 0 Å². The van der Waals surface area contributed by atoms with Crippen LogP contribution in [0.25, 0.3) is 11.1 Å². The molecule has 2 fully saturated rings. The minimum atomic E-state index is -0.441. The average molecular weight is 347 g/mol. The van der Waals surface area contributed by atoms with Gasteiger partial charge in [-0.3, -0.25) is 4.79 Å². The van der Waals surface area contributed by atoms with E-state index in [-0.39, 0.29) is 29.1 Å². The summed E-state index contributed by atoms with van der Waals surface area (Å²) in [6, 6.07) is 4.73. The van der Waals surface area contributed by atoms with Gasteiger partial charge in [0, 0.05) is 25.1 Å². The van der Waals surface area contributed by atoms with Gasteiger partial charge in [0.1, 0.15) is 11.3 Å². The third kappa shape index (κ3) is 3.08. The van der Waals surface area contributed by atoms with Crippen molar-refractivity contribution in [2.45, 2.75) is 38.3 Å². The molecule has 1 aromatic carbocycles. The minimum absolute atomic E-state index is 0.00915. The number of oxazole rings is 1. The largest absolute Gasteiger partial charge is 0.423 e. The molecule has 0 radical (unpaired) electrons. The lowest BCUT2D eigenvalue weighted by atomic mass is 10.0. The summed E-state index contributed by atoms with van der Waals surface area (Å²) in [7, 11) is 0. The van der Waals surface area contributed by atoms with Gasteiger partial charge in [0.05, 0.1) is 11.6 Å². The summed E-state index contributed by atoms with van der Waals surface area (Å²) in [5.41, 5.74) is 0.673. The summed E-state index contributed by atoms with van der Waals surface area (Å²) in [6.07, 6.45) is 1.08. The molecular formula is C18H22FN3O3. The van der Waals surface area contributed by atoms with Crippen molar-refractivity contribution in [2.24, 2.45) is 11.8 Å². The van der Waals surface area contributed by atoms with Crippen LogP contribution in [0.1, 0.15) is 26.7 Å². The second kappa shape index (κ2) is 5.69. The van der Waals surface area contributed by atoms with Gasteiger partial charge in [-0.25, -0.2) is 4.39 Å². The number of aromatic nitrogens is 1. The summed E-state index contributed by atoms with van der Waals surface area (Å²) in [4.78, 5) is 18.8. The number of hydrogen-bond acceptors (Lipinski definition) is 5. The predicted molar refractivity (Wildman–Crippen MR) is 90.6 cm³/mol. The highest BCUT2D eigenvalue weighted by atomic mass is 19.1. The Morgan fingerprint density at radius 2 is 2.36 bits per heavy atom. The average Bonchev–Trinajstić information content (AvgIpc) is 3.12. The molecule has 1 aromatic heterocycles. The zero-order valence-corrected chi connectivity index (χ0v) is 14.3. The van der Waals surface area contributed by atoms with Gasteiger partial charge >= 0.3 is 0 Å². The smallest absolute Gasteiger partial charge is 0.298 e. The fourth-order valence-electron chi connectivity index (χ4n) is 3.69. The molecular weight excluding hydrogens is 325 g/mol. The van der Waals surface area contributed by atoms with E-state index in [0.717, 1.165) is 12.8 Å². The number of benzene rings is 1. The number of amides is 1. The number of anilines is 1. The van der Waals surface area contributed by atoms with Crippen LogP contribution < -0.4 is 10.2 Å². The van der Waals surface area contributed by atoms with Gasteiger partial charge in [-0.15, -0.1) is 0 Å². The number of fused-ring (bicyclic) bond motifs is 1. The van der Waals surface area contributed by atoms with Crippen LogP contribution in [0, 0.1) is 17.7 Å². The van der Waals surface area contributed by atoms with Crippen LogP contribution >= 0.6 is 0 Å². The van der Waals surface area contributed by atoms with E-state index in [4.69, 9.17) is 4.42 Å². The number of aliphatic hydroxyl groups excluding tert-OH is 1. The summed E-state index contributed by atoms with van der Waals surface area (Å²) < 4.78 is 19.0. The molecule has 2 aliphatic rings. The molecule has 2 heterocycles. The van der Waals surface area contributed by atoms with E-state index in [2.05, 4.69) is 10.3 Å². The van der Waals surface area contributed by atoms with E-state index in [9.17, 15) is 14.3 Å². The summed E-state index contributed by atoms with van der Waals surface area (Å²) >= 11 is 0. The first-order valence-electron chi connectivity index (χ1n) is 8.66. The summed E-state index contributed by atoms with van der Waals surface area (Å²) in [6.45, 7) is 5.02. The van der Waals surface area contributed by atoms with Crippen LogP contribution in [0.3, 0.4) is 0 Å². The Kier molecular flexibility index (Phi) is 3.72. The molecule has 0 spiro atoms. The highest BCUT2D eigenvalue weighted by Crippen LogP contribution is 2.42. The molecule has 4 rings (SSSR count). The molecule has 4 unspecified atom stereocenters. The number of hydrogen-bond donors (Lipinski definition) is 2. The molecule has 2 aromatic rings. The Bertz CT molecular complexity index is 821. The number of halogens is 1. The zero-order chi connectivity index (χ0) is 17.8. The van der Waals surface area contributed by atoms with E-state index in [0.29, 0.717) is 30.2 Å². The van der Waals surface area contributed by atoms with Crippen molar-refractivity contribution in [1.82, 2.24) is 10.3 Å². The van der Waals surface area contributed by atoms with Crippen molar-refractivity contribution in [2.75, 3.05) is 18.0 Å². The Balaban J connectivity index is 1.43. The first-order chi connectivity index (χ1) is 11.8. The van der Waals surface area contributed by atoms with Crippen LogP contribution in [0.2, 0.25) is 0 Å². The summed E-state index contributed by atoms with van der Waals surface area (Å²) in [5.74, 6) is -0.355. The quantitative estimate of drug-likeness (QED) is 0.885. The molecule has 0 bridgehead atoms. The Labute approximate surface area is 145 Å². The molecule has 1 aliphatic carbocycles. The number of aliphatic hydroxyl groups is 1. The van der Waals surface area contributed by atoms with Crippen LogP contribution in [0.4, 0.5) is 10.4 Å². The molecule has 6 nitrogen and oxygen atoms in total. The maximum absolute atomic E-state index is 13.3. The third-order valence-electron chi connectivity index (χ3n) is 5.30. The van der Waals surface area contributed by atoms with Gasteiger partial charge in [-0.2, -0.15) is 4.98 Å². The van der Waals surface area contributed by atoms with E-state index in [1.54, 1.807) is 13.0 Å². The van der Waals surface area contributed by atoms with Crippen LogP contribution in [-0.4, -0.2) is 40.7 Å². The van der Waals surface area contributed by atoms with Crippen molar-refractivity contribution in [1.29, 1.82) is 0 Å². The highest BCUT2D eigenvalue weighted by molar-refractivity contribution is 5.82. The van der Waals surface area contributed by atoms with Crippen molar-refractivity contribution in [3.05, 3.63) is 24.0 Å². The van der Waals surface area contributed by atoms with Gasteiger partial charge in [0.25, 0.3) is 6.01 Å². The van der Waals surface area contributed by atoms with E-state index in [1.165, 1.54) is 12.1 Å². The van der Waals surface area contributed by atoms with Gasteiger partial charge < -0.3 is 19.7 Å². The molecule has 4 atom stereocenters. The molecule has 1 aliphatic heterocycles. The predicted octanol–water partition coefficient (Wildman–Crippen LogP) is 2.07. The molecule has 7 heteroatoms. The lowest BCUT2D eigenvalue weighted by Crippen LogP contribution is -2.49. The SMILES string of the molecule is CC(O)C1CC1C(=O)NC1(C)CCN(c2nc3ccc(F)cc3o2)C1. The minimum Gasteiger partial charge on any atom is -0.423 e. The molecule has 1 saturated heterocycles. The van der Waals surface area contributed by atoms with Crippen molar-refractivity contribution in [3.63, 3.8) is 0 Å². The number of carbonyl (C=O) groups excluding carboxylic acids is 1. The first-order valence-corrected chi connectivity index (χ1v) is 8.66. The second-order valence-electron chi connectivity index (χ2n) is 7.58. The monoisotopic (exact) mass is 347 g/mol. The standard InChI is InChI=1S/C18H22FN3O3/c1-10(23)12-8-13(12)16(24)21-18(2)5-6-22(9-18)17-20-14-4-3-11(19)7-15(14)25-17/h3-4,7,10,12-13,23H,5-6,8-9H2,1-2H3,(H,21,24). The fraction of sp³-hybridized carbons (Fsp3) is 0.556. The van der Waals surface area contributed by atoms with Gasteiger partial charge in [-0.05, 0) is 44.7 Å². The number of rotatable bonds is 4. The Morgan fingerprint density at radius 3 is 3.08 bits per heavy atom. The zero-order valence-electron chi connectivity index (χ0n) is 14.3. The maximum Gasteiger partial charge on any atom is 0.298 e. The molecule has 1 saturated carbocycles. The van der Waals surface area contributed by atoms with Crippen LogP contribution in [0.5, 0.6) is 0 Å². The van der Waals surface area contributed by atoms with Gasteiger partial charge in [0.2, 0.25) is 5.91 Å². The number of carbonyl (C=O) groups is 1. The van der Waals surface area contributed by atoms with E-state index < -0.39 is 6.10 Å². The Morgan fingerprint density at radius 1 is 1.56 bits per heavy atom. The van der Waals surface area contributed by atoms with Crippen molar-refractivity contribution >= 4 is 23.0 Å². The maximum atomic E-state index is 13.3. The third-order valence-corrected chi connectivity index (χ3v) is 5.30. The fourth-order valence-corrected chi connectivity index (χ4v) is 3.69. The van der Waals surface area contributed by atoms with Crippen LogP contribution in [0.15, 0.2) is 22.6 Å². The van der Waals surface area contributed by atoms with Gasteiger partial charge in [0.15, 0.2) is 5.58 Å². The molecule has 25 heavy (non-hydrogen) atoms. The normalized spacial score (nSPS) is 29.8. The van der Waals surface area contributed by atoms with Crippen molar-refractivity contribution < 1.29 is 18.7 Å². The molecule has 1 amide bonds. The van der Waals surface area contributed by atoms with Gasteiger partial charge in [-0.1, -0.05) is 0 Å². The van der Waals surface area contributed by atoms with E-state index >= 15 is 0 Å². The highest BCUT2D eigenvalue weighted by Gasteiger charge is 2.48. The topological polar surface area (TPSA) is 78.6 Å².